The highest BCUT2D eigenvalue weighted by atomic mass is 16.5. The molecule has 3 unspecified atom stereocenters. The van der Waals surface area contributed by atoms with E-state index >= 15 is 0 Å². The van der Waals surface area contributed by atoms with Crippen LogP contribution >= 0.6 is 0 Å². The van der Waals surface area contributed by atoms with Gasteiger partial charge in [-0.1, -0.05) is 6.92 Å². The molecule has 18 heavy (non-hydrogen) atoms. The Morgan fingerprint density at radius 2 is 2.22 bits per heavy atom. The molecular formula is C14H28N2O2. The molecule has 4 heteroatoms. The Morgan fingerprint density at radius 1 is 1.50 bits per heavy atom. The summed E-state index contributed by atoms with van der Waals surface area (Å²) in [5.41, 5.74) is 0. The Hall–Kier alpha value is -0.610. The van der Waals surface area contributed by atoms with Crippen molar-refractivity contribution in [1.82, 2.24) is 10.2 Å². The van der Waals surface area contributed by atoms with E-state index in [1.165, 1.54) is 12.8 Å². The van der Waals surface area contributed by atoms with Gasteiger partial charge < -0.3 is 15.0 Å². The molecule has 1 heterocycles. The van der Waals surface area contributed by atoms with Crippen molar-refractivity contribution >= 4 is 5.97 Å². The monoisotopic (exact) mass is 256 g/mol. The lowest BCUT2D eigenvalue weighted by atomic mass is 9.92. The number of carbonyl (C=O) groups excluding carboxylic acids is 1. The van der Waals surface area contributed by atoms with Gasteiger partial charge in [0.2, 0.25) is 0 Å². The number of nitrogens with one attached hydrogen (secondary N) is 1. The lowest BCUT2D eigenvalue weighted by Crippen LogP contribution is -2.45. The first-order chi connectivity index (χ1) is 8.60. The Morgan fingerprint density at radius 3 is 2.83 bits per heavy atom. The quantitative estimate of drug-likeness (QED) is 0.734. The first kappa shape index (κ1) is 15.4. The fourth-order valence-electron chi connectivity index (χ4n) is 2.65. The van der Waals surface area contributed by atoms with Crippen molar-refractivity contribution in [3.05, 3.63) is 0 Å². The summed E-state index contributed by atoms with van der Waals surface area (Å²) in [6.07, 6.45) is 3.42. The van der Waals surface area contributed by atoms with Gasteiger partial charge in [0.15, 0.2) is 0 Å². The number of carbonyl (C=O) groups is 1. The van der Waals surface area contributed by atoms with Crippen molar-refractivity contribution in [3.63, 3.8) is 0 Å². The van der Waals surface area contributed by atoms with Crippen molar-refractivity contribution < 1.29 is 9.53 Å². The van der Waals surface area contributed by atoms with Crippen molar-refractivity contribution in [2.75, 3.05) is 26.7 Å². The van der Waals surface area contributed by atoms with E-state index in [1.54, 1.807) is 0 Å². The van der Waals surface area contributed by atoms with Crippen LogP contribution in [0.2, 0.25) is 0 Å². The predicted octanol–water partition coefficient (Wildman–Crippen LogP) is 1.65. The second-order valence-electron chi connectivity index (χ2n) is 5.28. The molecule has 0 aliphatic carbocycles. The molecule has 4 nitrogen and oxygen atoms in total. The number of hydrogen-bond donors (Lipinski definition) is 1. The van der Waals surface area contributed by atoms with Crippen LogP contribution in [0.3, 0.4) is 0 Å². The van der Waals surface area contributed by atoms with E-state index in [2.05, 4.69) is 24.1 Å². The Kier molecular flexibility index (Phi) is 6.65. The van der Waals surface area contributed by atoms with Gasteiger partial charge in [-0.25, -0.2) is 0 Å². The molecule has 0 saturated carbocycles. The number of hydrogen-bond acceptors (Lipinski definition) is 4. The van der Waals surface area contributed by atoms with Crippen LogP contribution in [-0.2, 0) is 9.53 Å². The summed E-state index contributed by atoms with van der Waals surface area (Å²) in [4.78, 5) is 14.2. The first-order valence-electron chi connectivity index (χ1n) is 7.18. The van der Waals surface area contributed by atoms with E-state index in [4.69, 9.17) is 4.74 Å². The Bertz CT molecular complexity index is 258. The van der Waals surface area contributed by atoms with Crippen LogP contribution in [0.1, 0.15) is 40.0 Å². The number of ether oxygens (including phenoxy) is 1. The zero-order valence-electron chi connectivity index (χ0n) is 12.2. The molecule has 0 spiro atoms. The Labute approximate surface area is 111 Å². The summed E-state index contributed by atoms with van der Waals surface area (Å²) >= 11 is 0. The summed E-state index contributed by atoms with van der Waals surface area (Å²) in [5, 5.41) is 3.05. The van der Waals surface area contributed by atoms with Gasteiger partial charge in [-0.3, -0.25) is 4.79 Å². The smallest absolute Gasteiger partial charge is 0.323 e. The summed E-state index contributed by atoms with van der Waals surface area (Å²) in [6.45, 7) is 9.04. The molecule has 1 saturated heterocycles. The number of piperidine rings is 1. The summed E-state index contributed by atoms with van der Waals surface area (Å²) in [7, 11) is 1.82. The molecular weight excluding hydrogens is 228 g/mol. The molecule has 0 amide bonds. The van der Waals surface area contributed by atoms with E-state index < -0.39 is 0 Å². The summed E-state index contributed by atoms with van der Waals surface area (Å²) in [6, 6.07) is 0.452. The Balaban J connectivity index is 2.39. The standard InChI is InChI=1S/C14H28N2O2/c1-5-18-14(17)13(15-4)8-10-16-9-6-7-11(2)12(16)3/h11-13,15H,5-10H2,1-4H3. The molecule has 1 aliphatic heterocycles. The van der Waals surface area contributed by atoms with Crippen molar-refractivity contribution in [2.45, 2.75) is 52.1 Å². The minimum atomic E-state index is -0.172. The van der Waals surface area contributed by atoms with Gasteiger partial charge in [-0.15, -0.1) is 0 Å². The molecule has 106 valence electrons. The summed E-state index contributed by atoms with van der Waals surface area (Å²) in [5.74, 6) is 0.632. The lowest BCUT2D eigenvalue weighted by molar-refractivity contribution is -0.145. The van der Waals surface area contributed by atoms with Gasteiger partial charge in [0, 0.05) is 12.6 Å². The van der Waals surface area contributed by atoms with E-state index in [0.29, 0.717) is 12.6 Å². The lowest BCUT2D eigenvalue weighted by Gasteiger charge is -2.38. The molecule has 0 aromatic carbocycles. The SMILES string of the molecule is CCOC(=O)C(CCN1CCCC(C)C1C)NC. The second-order valence-corrected chi connectivity index (χ2v) is 5.28. The van der Waals surface area contributed by atoms with Crippen LogP contribution in [0.5, 0.6) is 0 Å². The van der Waals surface area contributed by atoms with Gasteiger partial charge in [0.1, 0.15) is 6.04 Å². The average Bonchev–Trinajstić information content (AvgIpc) is 2.35. The number of rotatable bonds is 6. The third-order valence-corrected chi connectivity index (χ3v) is 4.13. The van der Waals surface area contributed by atoms with Crippen LogP contribution in [0.25, 0.3) is 0 Å². The molecule has 1 N–H and O–H groups in total. The number of likely N-dealkylation sites (tertiary alicyclic amines) is 1. The highest BCUT2D eigenvalue weighted by Crippen LogP contribution is 2.22. The van der Waals surface area contributed by atoms with Crippen molar-refractivity contribution in [1.29, 1.82) is 0 Å². The van der Waals surface area contributed by atoms with Gasteiger partial charge in [-0.2, -0.15) is 0 Å². The zero-order valence-corrected chi connectivity index (χ0v) is 12.2. The van der Waals surface area contributed by atoms with Gasteiger partial charge in [0.25, 0.3) is 0 Å². The fraction of sp³-hybridized carbons (Fsp3) is 0.929. The third kappa shape index (κ3) is 4.25. The fourth-order valence-corrected chi connectivity index (χ4v) is 2.65. The van der Waals surface area contributed by atoms with Crippen molar-refractivity contribution in [3.8, 4) is 0 Å². The first-order valence-corrected chi connectivity index (χ1v) is 7.18. The maximum Gasteiger partial charge on any atom is 0.323 e. The van der Waals surface area contributed by atoms with Gasteiger partial charge in [-0.05, 0) is 52.6 Å². The average molecular weight is 256 g/mol. The second kappa shape index (κ2) is 7.74. The molecule has 1 rings (SSSR count). The minimum Gasteiger partial charge on any atom is -0.465 e. The largest absolute Gasteiger partial charge is 0.465 e. The van der Waals surface area contributed by atoms with E-state index in [1.807, 2.05) is 14.0 Å². The van der Waals surface area contributed by atoms with Crippen LogP contribution in [0.15, 0.2) is 0 Å². The van der Waals surface area contributed by atoms with E-state index in [0.717, 1.165) is 25.4 Å². The highest BCUT2D eigenvalue weighted by molar-refractivity contribution is 5.75. The zero-order chi connectivity index (χ0) is 13.5. The maximum atomic E-state index is 11.7. The van der Waals surface area contributed by atoms with Crippen LogP contribution in [-0.4, -0.2) is 49.7 Å². The van der Waals surface area contributed by atoms with Gasteiger partial charge in [0.05, 0.1) is 6.61 Å². The number of esters is 1. The molecule has 1 aliphatic rings. The number of likely N-dealkylation sites (N-methyl/N-ethyl adjacent to an activating group) is 1. The minimum absolute atomic E-state index is 0.127. The number of nitrogens with zero attached hydrogens (tertiary/aromatic N) is 1. The maximum absolute atomic E-state index is 11.7. The van der Waals surface area contributed by atoms with Crippen LogP contribution in [0, 0.1) is 5.92 Å². The van der Waals surface area contributed by atoms with E-state index in [-0.39, 0.29) is 12.0 Å². The molecule has 0 radical (unpaired) electrons. The van der Waals surface area contributed by atoms with Crippen LogP contribution in [0.4, 0.5) is 0 Å². The van der Waals surface area contributed by atoms with Crippen molar-refractivity contribution in [2.24, 2.45) is 5.92 Å². The topological polar surface area (TPSA) is 41.6 Å². The molecule has 0 aromatic heterocycles. The summed E-state index contributed by atoms with van der Waals surface area (Å²) < 4.78 is 5.06. The third-order valence-electron chi connectivity index (χ3n) is 4.13. The van der Waals surface area contributed by atoms with Gasteiger partial charge >= 0.3 is 5.97 Å². The predicted molar refractivity (Wildman–Crippen MR) is 73.5 cm³/mol. The normalized spacial score (nSPS) is 26.9. The molecule has 3 atom stereocenters. The van der Waals surface area contributed by atoms with Crippen LogP contribution < -0.4 is 5.32 Å². The highest BCUT2D eigenvalue weighted by Gasteiger charge is 2.26. The molecule has 0 aromatic rings. The molecule has 0 bridgehead atoms. The molecule has 1 fully saturated rings. The van der Waals surface area contributed by atoms with E-state index in [9.17, 15) is 4.79 Å².